The summed E-state index contributed by atoms with van der Waals surface area (Å²) in [4.78, 5) is 20.5. The Hall–Kier alpha value is -7.70. The maximum absolute atomic E-state index is 6.90. The lowest BCUT2D eigenvalue weighted by atomic mass is 9.98. The minimum absolute atomic E-state index is 0.521. The van der Waals surface area contributed by atoms with E-state index in [0.29, 0.717) is 23.2 Å². The molecule has 0 aliphatic heterocycles. The molecule has 0 saturated heterocycles. The van der Waals surface area contributed by atoms with E-state index in [1.54, 1.807) is 0 Å². The van der Waals surface area contributed by atoms with Crippen molar-refractivity contribution in [3.63, 3.8) is 0 Å². The molecule has 0 N–H and O–H groups in total. The van der Waals surface area contributed by atoms with Crippen LogP contribution in [0.2, 0.25) is 0 Å². The molecule has 57 heavy (non-hydrogen) atoms. The monoisotopic (exact) mass is 733 g/mol. The van der Waals surface area contributed by atoms with Crippen molar-refractivity contribution in [2.75, 3.05) is 0 Å². The van der Waals surface area contributed by atoms with Gasteiger partial charge in [0.25, 0.3) is 0 Å². The van der Waals surface area contributed by atoms with Crippen molar-refractivity contribution >= 4 is 49.4 Å². The Labute approximate surface area is 329 Å². The lowest BCUT2D eigenvalue weighted by Crippen LogP contribution is -2.02. The lowest BCUT2D eigenvalue weighted by molar-refractivity contribution is 0.670. The Bertz CT molecular complexity index is 3140. The highest BCUT2D eigenvalue weighted by Gasteiger charge is 2.23. The molecule has 6 heteroatoms. The third-order valence-electron chi connectivity index (χ3n) is 10.4. The minimum Gasteiger partial charge on any atom is -0.455 e. The van der Waals surface area contributed by atoms with Gasteiger partial charge in [-0.25, -0.2) is 15.0 Å². The number of hydrogen-bond acceptors (Lipinski definition) is 5. The normalized spacial score (nSPS) is 12.1. The fourth-order valence-electron chi connectivity index (χ4n) is 7.79. The topological polar surface area (TPSA) is 69.6 Å². The van der Waals surface area contributed by atoms with Gasteiger partial charge in [-0.15, -0.1) is 0 Å². The fourth-order valence-corrected chi connectivity index (χ4v) is 7.79. The number of rotatable bonds is 8. The molecule has 0 bridgehead atoms. The number of aromatic nitrogens is 5. The predicted octanol–water partition coefficient (Wildman–Crippen LogP) is 13.2. The van der Waals surface area contributed by atoms with Gasteiger partial charge in [0, 0.05) is 61.3 Å². The molecule has 10 aromatic rings. The van der Waals surface area contributed by atoms with E-state index in [-0.39, 0.29) is 0 Å². The van der Waals surface area contributed by atoms with Gasteiger partial charge in [-0.05, 0) is 55.0 Å². The number of benzene rings is 6. The summed E-state index contributed by atoms with van der Waals surface area (Å²) in [5, 5.41) is 4.26. The Kier molecular flexibility index (Phi) is 8.42. The van der Waals surface area contributed by atoms with E-state index in [4.69, 9.17) is 24.4 Å². The molecule has 6 nitrogen and oxygen atoms in total. The maximum Gasteiger partial charge on any atom is 0.166 e. The summed E-state index contributed by atoms with van der Waals surface area (Å²) < 4.78 is 9.20. The zero-order chi connectivity index (χ0) is 38.3. The van der Waals surface area contributed by atoms with Gasteiger partial charge >= 0.3 is 0 Å². The van der Waals surface area contributed by atoms with Gasteiger partial charge in [-0.1, -0.05) is 140 Å². The van der Waals surface area contributed by atoms with E-state index in [0.717, 1.165) is 82.8 Å². The first-order valence-electron chi connectivity index (χ1n) is 19.0. The highest BCUT2D eigenvalue weighted by Crippen LogP contribution is 2.43. The first-order chi connectivity index (χ1) is 28.2. The number of furan rings is 1. The molecular formula is C51H35N5O. The van der Waals surface area contributed by atoms with Gasteiger partial charge in [0.1, 0.15) is 11.2 Å². The quantitative estimate of drug-likeness (QED) is 0.145. The number of hydrogen-bond donors (Lipinski definition) is 0. The SMILES string of the molecule is C=C/C=C(\C=C/C)n1c2ccccc2c2cc3oc4c(-c5ncc(-c6ccccc6)cc5-c5nc(-c6ccccc6)nc(-c6ccccc6)n5)cccc4c3cc21. The second-order valence-corrected chi connectivity index (χ2v) is 13.9. The second-order valence-electron chi connectivity index (χ2n) is 13.9. The summed E-state index contributed by atoms with van der Waals surface area (Å²) in [5.74, 6) is 1.69. The van der Waals surface area contributed by atoms with Crippen LogP contribution in [0, 0.1) is 0 Å². The van der Waals surface area contributed by atoms with Crippen LogP contribution >= 0.6 is 0 Å². The van der Waals surface area contributed by atoms with Crippen LogP contribution in [0.15, 0.2) is 193 Å². The number of allylic oxidation sites excluding steroid dienone is 5. The standard InChI is InChI=1S/C51H35N5O/c1-3-17-37(18-4-2)56-44-28-15-14-25-38(44)41-31-46-42(30-45(41)56)39-26-16-27-40(48(39)57-46)47-43(29-36(32-52-47)33-19-8-5-9-20-33)51-54-49(34-21-10-6-11-22-34)53-50(55-51)35-23-12-7-13-24-35/h3-32H,1H2,2H3/b18-4-,37-17+. The Morgan fingerprint density at radius 3 is 1.88 bits per heavy atom. The Morgan fingerprint density at radius 2 is 1.19 bits per heavy atom. The summed E-state index contributed by atoms with van der Waals surface area (Å²) in [6.45, 7) is 6.04. The Morgan fingerprint density at radius 1 is 0.561 bits per heavy atom. The molecule has 0 saturated carbocycles. The summed E-state index contributed by atoms with van der Waals surface area (Å²) in [7, 11) is 0. The number of fused-ring (bicyclic) bond motifs is 6. The minimum atomic E-state index is 0.521. The van der Waals surface area contributed by atoms with Gasteiger partial charge in [0.15, 0.2) is 17.5 Å². The molecule has 0 aliphatic carbocycles. The van der Waals surface area contributed by atoms with E-state index < -0.39 is 0 Å². The van der Waals surface area contributed by atoms with Crippen LogP contribution in [0.4, 0.5) is 0 Å². The van der Waals surface area contributed by atoms with Crippen molar-refractivity contribution in [3.05, 3.63) is 189 Å². The van der Waals surface area contributed by atoms with Gasteiger partial charge in [-0.2, -0.15) is 0 Å². The highest BCUT2D eigenvalue weighted by atomic mass is 16.3. The molecule has 0 aliphatic rings. The van der Waals surface area contributed by atoms with Crippen LogP contribution in [0.3, 0.4) is 0 Å². The molecule has 0 atom stereocenters. The van der Waals surface area contributed by atoms with Crippen molar-refractivity contribution in [2.24, 2.45) is 0 Å². The zero-order valence-electron chi connectivity index (χ0n) is 31.2. The largest absolute Gasteiger partial charge is 0.455 e. The van der Waals surface area contributed by atoms with Crippen LogP contribution in [0.25, 0.3) is 106 Å². The van der Waals surface area contributed by atoms with E-state index in [9.17, 15) is 0 Å². The highest BCUT2D eigenvalue weighted by molar-refractivity contribution is 6.19. The smallest absolute Gasteiger partial charge is 0.166 e. The maximum atomic E-state index is 6.90. The molecule has 0 spiro atoms. The van der Waals surface area contributed by atoms with E-state index in [1.165, 1.54) is 0 Å². The molecule has 0 amide bonds. The third-order valence-corrected chi connectivity index (χ3v) is 10.4. The van der Waals surface area contributed by atoms with Crippen LogP contribution in [0.1, 0.15) is 6.92 Å². The van der Waals surface area contributed by atoms with Crippen LogP contribution < -0.4 is 0 Å². The summed E-state index contributed by atoms with van der Waals surface area (Å²) >= 11 is 0. The number of pyridine rings is 1. The summed E-state index contributed by atoms with van der Waals surface area (Å²) in [6, 6.07) is 51.6. The molecule has 4 heterocycles. The molecular weight excluding hydrogens is 699 g/mol. The van der Waals surface area contributed by atoms with Crippen LogP contribution in [-0.4, -0.2) is 24.5 Å². The van der Waals surface area contributed by atoms with Crippen molar-refractivity contribution in [3.8, 4) is 56.5 Å². The molecule has 4 aromatic heterocycles. The van der Waals surface area contributed by atoms with Gasteiger partial charge in [0.05, 0.1) is 16.7 Å². The first kappa shape index (κ1) is 33.8. The molecule has 0 radical (unpaired) electrons. The lowest BCUT2D eigenvalue weighted by Gasteiger charge is -2.13. The van der Waals surface area contributed by atoms with Crippen molar-refractivity contribution in [1.82, 2.24) is 24.5 Å². The van der Waals surface area contributed by atoms with Gasteiger partial charge in [-0.3, -0.25) is 4.98 Å². The predicted molar refractivity (Wildman–Crippen MR) is 234 cm³/mol. The van der Waals surface area contributed by atoms with Crippen molar-refractivity contribution in [1.29, 1.82) is 0 Å². The molecule has 0 unspecified atom stereocenters. The fraction of sp³-hybridized carbons (Fsp3) is 0.0196. The molecule has 270 valence electrons. The van der Waals surface area contributed by atoms with Gasteiger partial charge in [0.2, 0.25) is 0 Å². The first-order valence-corrected chi connectivity index (χ1v) is 19.0. The number of nitrogens with zero attached hydrogens (tertiary/aromatic N) is 5. The van der Waals surface area contributed by atoms with E-state index in [1.807, 2.05) is 104 Å². The number of para-hydroxylation sites is 2. The average molecular weight is 734 g/mol. The zero-order valence-corrected chi connectivity index (χ0v) is 31.2. The van der Waals surface area contributed by atoms with Gasteiger partial charge < -0.3 is 8.98 Å². The molecule has 0 fully saturated rings. The molecule has 10 rings (SSSR count). The summed E-state index contributed by atoms with van der Waals surface area (Å²) in [5.41, 5.74) is 10.9. The van der Waals surface area contributed by atoms with E-state index >= 15 is 0 Å². The second kappa shape index (κ2) is 14.2. The summed E-state index contributed by atoms with van der Waals surface area (Å²) in [6.07, 6.45) is 9.97. The third kappa shape index (κ3) is 5.92. The average Bonchev–Trinajstić information content (AvgIpc) is 3.81. The van der Waals surface area contributed by atoms with E-state index in [2.05, 4.69) is 96.1 Å². The van der Waals surface area contributed by atoms with Crippen LogP contribution in [-0.2, 0) is 0 Å². The van der Waals surface area contributed by atoms with Crippen molar-refractivity contribution in [2.45, 2.75) is 6.92 Å². The van der Waals surface area contributed by atoms with Crippen LogP contribution in [0.5, 0.6) is 0 Å². The van der Waals surface area contributed by atoms with Crippen molar-refractivity contribution < 1.29 is 4.42 Å². The molecule has 6 aromatic carbocycles. The Balaban J connectivity index is 1.24.